The highest BCUT2D eigenvalue weighted by molar-refractivity contribution is 5.57. The van der Waals surface area contributed by atoms with Gasteiger partial charge < -0.3 is 14.9 Å². The number of aldehydes is 1. The van der Waals surface area contributed by atoms with E-state index in [9.17, 15) is 15.0 Å². The van der Waals surface area contributed by atoms with E-state index >= 15 is 0 Å². The van der Waals surface area contributed by atoms with Gasteiger partial charge in [-0.25, -0.2) is 0 Å². The molecule has 0 bridgehead atoms. The zero-order valence-corrected chi connectivity index (χ0v) is 14.5. The summed E-state index contributed by atoms with van der Waals surface area (Å²) < 4.78 is 5.37. The third-order valence-electron chi connectivity index (χ3n) is 5.02. The number of ether oxygens (including phenoxy) is 1. The van der Waals surface area contributed by atoms with Crippen molar-refractivity contribution in [1.29, 1.82) is 0 Å². The Labute approximate surface area is 138 Å². The van der Waals surface area contributed by atoms with Gasteiger partial charge in [0.2, 0.25) is 0 Å². The molecular formula is C19H28O4. The fraction of sp³-hybridized carbons (Fsp3) is 0.632. The molecule has 0 amide bonds. The van der Waals surface area contributed by atoms with Gasteiger partial charge >= 0.3 is 0 Å². The predicted octanol–water partition coefficient (Wildman–Crippen LogP) is 4.24. The molecule has 1 aromatic rings. The minimum absolute atomic E-state index is 0.0582. The first kappa shape index (κ1) is 17.6. The number of benzene rings is 1. The number of rotatable bonds is 5. The third-order valence-corrected chi connectivity index (χ3v) is 5.02. The van der Waals surface area contributed by atoms with Crippen LogP contribution in [0.2, 0.25) is 0 Å². The van der Waals surface area contributed by atoms with Crippen LogP contribution in [-0.2, 0) is 4.79 Å². The SMILES string of the molecule is CC1CCC(C(C)C)C(c2c(O)cc(OC(C)C=O)cc2O)C1. The van der Waals surface area contributed by atoms with Crippen molar-refractivity contribution in [3.63, 3.8) is 0 Å². The molecule has 23 heavy (non-hydrogen) atoms. The zero-order valence-electron chi connectivity index (χ0n) is 14.5. The van der Waals surface area contributed by atoms with Crippen LogP contribution in [0.25, 0.3) is 0 Å². The van der Waals surface area contributed by atoms with Crippen molar-refractivity contribution in [2.75, 3.05) is 0 Å². The van der Waals surface area contributed by atoms with Crippen molar-refractivity contribution in [1.82, 2.24) is 0 Å². The largest absolute Gasteiger partial charge is 0.507 e. The van der Waals surface area contributed by atoms with E-state index < -0.39 is 6.10 Å². The van der Waals surface area contributed by atoms with Gasteiger partial charge in [0.25, 0.3) is 0 Å². The van der Waals surface area contributed by atoms with E-state index in [0.717, 1.165) is 12.8 Å². The number of phenolic OH excluding ortho intramolecular Hbond substituents is 2. The quantitative estimate of drug-likeness (QED) is 0.796. The van der Waals surface area contributed by atoms with Crippen molar-refractivity contribution in [3.05, 3.63) is 17.7 Å². The van der Waals surface area contributed by atoms with Gasteiger partial charge in [-0.1, -0.05) is 27.2 Å². The van der Waals surface area contributed by atoms with Crippen molar-refractivity contribution in [3.8, 4) is 17.2 Å². The highest BCUT2D eigenvalue weighted by atomic mass is 16.5. The number of hydrogen-bond donors (Lipinski definition) is 2. The molecule has 0 heterocycles. The van der Waals surface area contributed by atoms with Gasteiger partial charge in [-0.15, -0.1) is 0 Å². The Balaban J connectivity index is 2.35. The average molecular weight is 320 g/mol. The maximum Gasteiger partial charge on any atom is 0.160 e. The lowest BCUT2D eigenvalue weighted by Crippen LogP contribution is -2.26. The molecule has 1 aromatic carbocycles. The standard InChI is InChI=1S/C19H28O4/c1-11(2)15-6-5-12(3)7-16(15)19-17(21)8-14(9-18(19)22)23-13(4)10-20/h8-13,15-16,21-22H,5-7H2,1-4H3. The summed E-state index contributed by atoms with van der Waals surface area (Å²) in [5.74, 6) is 2.11. The van der Waals surface area contributed by atoms with E-state index in [1.807, 2.05) is 0 Å². The molecule has 4 unspecified atom stereocenters. The van der Waals surface area contributed by atoms with Gasteiger partial charge in [-0.3, -0.25) is 4.79 Å². The second kappa shape index (κ2) is 7.24. The molecule has 0 radical (unpaired) electrons. The summed E-state index contributed by atoms with van der Waals surface area (Å²) in [4.78, 5) is 10.7. The topological polar surface area (TPSA) is 66.8 Å². The molecule has 4 nitrogen and oxygen atoms in total. The van der Waals surface area contributed by atoms with Gasteiger partial charge in [-0.05, 0) is 43.4 Å². The maximum atomic E-state index is 10.7. The minimum Gasteiger partial charge on any atom is -0.507 e. The summed E-state index contributed by atoms with van der Waals surface area (Å²) in [6.07, 6.45) is 3.34. The molecule has 2 rings (SSSR count). The normalized spacial score (nSPS) is 26.0. The van der Waals surface area contributed by atoms with Gasteiger partial charge in [0.15, 0.2) is 12.4 Å². The van der Waals surface area contributed by atoms with Gasteiger partial charge in [-0.2, -0.15) is 0 Å². The Morgan fingerprint density at radius 3 is 2.30 bits per heavy atom. The van der Waals surface area contributed by atoms with Gasteiger partial charge in [0.05, 0.1) is 0 Å². The molecule has 2 N–H and O–H groups in total. The molecule has 4 atom stereocenters. The zero-order chi connectivity index (χ0) is 17.1. The second-order valence-electron chi connectivity index (χ2n) is 7.27. The van der Waals surface area contributed by atoms with E-state index in [4.69, 9.17) is 4.74 Å². The van der Waals surface area contributed by atoms with Crippen LogP contribution in [-0.4, -0.2) is 22.6 Å². The summed E-state index contributed by atoms with van der Waals surface area (Å²) in [6.45, 7) is 8.24. The van der Waals surface area contributed by atoms with Crippen molar-refractivity contribution < 1.29 is 19.7 Å². The molecular weight excluding hydrogens is 292 g/mol. The van der Waals surface area contributed by atoms with Crippen molar-refractivity contribution in [2.45, 2.75) is 59.0 Å². The number of carbonyl (C=O) groups excluding carboxylic acids is 1. The maximum absolute atomic E-state index is 10.7. The molecule has 1 aliphatic carbocycles. The first-order chi connectivity index (χ1) is 10.8. The van der Waals surface area contributed by atoms with Crippen LogP contribution < -0.4 is 4.74 Å². The molecule has 0 spiro atoms. The van der Waals surface area contributed by atoms with E-state index in [2.05, 4.69) is 20.8 Å². The van der Waals surface area contributed by atoms with Crippen LogP contribution in [0.5, 0.6) is 17.2 Å². The summed E-state index contributed by atoms with van der Waals surface area (Å²) in [5, 5.41) is 20.9. The van der Waals surface area contributed by atoms with E-state index in [-0.39, 0.29) is 17.4 Å². The van der Waals surface area contributed by atoms with Crippen LogP contribution in [0.1, 0.15) is 58.4 Å². The number of aromatic hydroxyl groups is 2. The molecule has 128 valence electrons. The predicted molar refractivity (Wildman–Crippen MR) is 90.0 cm³/mol. The first-order valence-electron chi connectivity index (χ1n) is 8.51. The Morgan fingerprint density at radius 1 is 1.17 bits per heavy atom. The average Bonchev–Trinajstić information content (AvgIpc) is 2.46. The van der Waals surface area contributed by atoms with Crippen molar-refractivity contribution in [2.24, 2.45) is 17.8 Å². The molecule has 0 aromatic heterocycles. The van der Waals surface area contributed by atoms with Gasteiger partial charge in [0.1, 0.15) is 17.2 Å². The monoisotopic (exact) mass is 320 g/mol. The van der Waals surface area contributed by atoms with E-state index in [0.29, 0.717) is 35.4 Å². The summed E-state index contributed by atoms with van der Waals surface area (Å²) in [5.41, 5.74) is 0.626. The fourth-order valence-electron chi connectivity index (χ4n) is 3.82. The lowest BCUT2D eigenvalue weighted by atomic mass is 9.67. The Bertz CT molecular complexity index is 529. The first-order valence-corrected chi connectivity index (χ1v) is 8.51. The third kappa shape index (κ3) is 3.98. The number of hydrogen-bond acceptors (Lipinski definition) is 4. The number of phenols is 2. The lowest BCUT2D eigenvalue weighted by Gasteiger charge is -2.38. The lowest BCUT2D eigenvalue weighted by molar-refractivity contribution is -0.113. The van der Waals surface area contributed by atoms with E-state index in [1.54, 1.807) is 6.92 Å². The summed E-state index contributed by atoms with van der Waals surface area (Å²) >= 11 is 0. The van der Waals surface area contributed by atoms with Crippen LogP contribution >= 0.6 is 0 Å². The van der Waals surface area contributed by atoms with Gasteiger partial charge in [0, 0.05) is 17.7 Å². The van der Waals surface area contributed by atoms with Crippen LogP contribution in [0.4, 0.5) is 0 Å². The minimum atomic E-state index is -0.613. The molecule has 0 saturated heterocycles. The molecule has 1 saturated carbocycles. The Kier molecular flexibility index (Phi) is 5.55. The second-order valence-corrected chi connectivity index (χ2v) is 7.27. The fourth-order valence-corrected chi connectivity index (χ4v) is 3.82. The Morgan fingerprint density at radius 2 is 1.78 bits per heavy atom. The van der Waals surface area contributed by atoms with Crippen molar-refractivity contribution >= 4 is 6.29 Å². The smallest absolute Gasteiger partial charge is 0.160 e. The summed E-state index contributed by atoms with van der Waals surface area (Å²) in [7, 11) is 0. The number of carbonyl (C=O) groups is 1. The highest BCUT2D eigenvalue weighted by Gasteiger charge is 2.35. The molecule has 4 heteroatoms. The molecule has 1 aliphatic rings. The summed E-state index contributed by atoms with van der Waals surface area (Å²) in [6, 6.07) is 3.01. The molecule has 0 aliphatic heterocycles. The van der Waals surface area contributed by atoms with Crippen LogP contribution in [0.3, 0.4) is 0 Å². The molecule has 1 fully saturated rings. The Hall–Kier alpha value is -1.71. The van der Waals surface area contributed by atoms with Crippen LogP contribution in [0.15, 0.2) is 12.1 Å². The van der Waals surface area contributed by atoms with E-state index in [1.165, 1.54) is 18.6 Å². The highest BCUT2D eigenvalue weighted by Crippen LogP contribution is 2.50. The van der Waals surface area contributed by atoms with Crippen LogP contribution in [0, 0.1) is 17.8 Å².